The minimum atomic E-state index is -2.04. The average molecular weight is 537 g/mol. The van der Waals surface area contributed by atoms with Crippen LogP contribution in [0.15, 0.2) is 60.7 Å². The SMILES string of the molecule is CC(=O)O[C@@H]1[C@@H](OC(C)=O)CO[C@](CO)(NC(=O)c2cc(-c3ccccc3)nc3ccccc23)[C@H]1OC(C)=O. The van der Waals surface area contributed by atoms with Crippen LogP contribution in [0.5, 0.6) is 0 Å². The Morgan fingerprint density at radius 3 is 2.23 bits per heavy atom. The molecule has 0 aliphatic carbocycles. The quantitative estimate of drug-likeness (QED) is 0.340. The molecule has 1 aliphatic rings. The fourth-order valence-corrected chi connectivity index (χ4v) is 4.51. The van der Waals surface area contributed by atoms with Crippen molar-refractivity contribution in [3.8, 4) is 11.3 Å². The maximum absolute atomic E-state index is 13.8. The van der Waals surface area contributed by atoms with E-state index in [-0.39, 0.29) is 12.2 Å². The van der Waals surface area contributed by atoms with Crippen LogP contribution in [0.2, 0.25) is 0 Å². The second-order valence-corrected chi connectivity index (χ2v) is 9.00. The number of carbonyl (C=O) groups is 4. The molecule has 0 saturated carbocycles. The summed E-state index contributed by atoms with van der Waals surface area (Å²) >= 11 is 0. The van der Waals surface area contributed by atoms with E-state index in [1.165, 1.54) is 0 Å². The molecule has 4 rings (SSSR count). The Morgan fingerprint density at radius 2 is 1.59 bits per heavy atom. The summed E-state index contributed by atoms with van der Waals surface area (Å²) in [6, 6.07) is 17.9. The normalized spacial score (nSPS) is 22.5. The van der Waals surface area contributed by atoms with E-state index in [1.807, 2.05) is 30.3 Å². The van der Waals surface area contributed by atoms with Gasteiger partial charge in [0.1, 0.15) is 0 Å². The summed E-state index contributed by atoms with van der Waals surface area (Å²) in [6.07, 6.45) is -4.11. The van der Waals surface area contributed by atoms with Crippen LogP contribution in [-0.2, 0) is 33.3 Å². The standard InChI is InChI=1S/C28H28N2O9/c1-16(32)37-24-14-36-28(15-31,26(39-18(3)34)25(24)38-17(2)33)30-27(35)21-13-23(19-9-5-4-6-10-19)29-22-12-8-7-11-20(21)22/h4-13,24-26,31H,14-15H2,1-3H3,(H,30,35)/t24-,25+,26-,28-/m0/s1. The van der Waals surface area contributed by atoms with Gasteiger partial charge in [-0.25, -0.2) is 4.98 Å². The molecule has 0 radical (unpaired) electrons. The Kier molecular flexibility index (Phi) is 8.22. The first-order chi connectivity index (χ1) is 18.6. The Bertz CT molecular complexity index is 1390. The van der Waals surface area contributed by atoms with E-state index in [9.17, 15) is 24.3 Å². The molecule has 3 aromatic rings. The first-order valence-corrected chi connectivity index (χ1v) is 12.2. The number of para-hydroxylation sites is 1. The van der Waals surface area contributed by atoms with Crippen LogP contribution in [0.1, 0.15) is 31.1 Å². The van der Waals surface area contributed by atoms with Crippen molar-refractivity contribution in [3.63, 3.8) is 0 Å². The van der Waals surface area contributed by atoms with Crippen LogP contribution in [0.3, 0.4) is 0 Å². The minimum absolute atomic E-state index is 0.212. The molecule has 2 N–H and O–H groups in total. The fraction of sp³-hybridized carbons (Fsp3) is 0.321. The zero-order chi connectivity index (χ0) is 28.2. The molecule has 0 bridgehead atoms. The molecule has 1 aliphatic heterocycles. The third-order valence-corrected chi connectivity index (χ3v) is 6.13. The van der Waals surface area contributed by atoms with Gasteiger partial charge in [0.2, 0.25) is 5.72 Å². The number of hydrogen-bond donors (Lipinski definition) is 2. The van der Waals surface area contributed by atoms with Gasteiger partial charge in [-0.1, -0.05) is 48.5 Å². The number of nitrogens with one attached hydrogen (secondary N) is 1. The summed E-state index contributed by atoms with van der Waals surface area (Å²) in [4.78, 5) is 54.2. The number of amides is 1. The summed E-state index contributed by atoms with van der Waals surface area (Å²) in [5.74, 6) is -2.94. The molecule has 2 aromatic carbocycles. The second kappa shape index (κ2) is 11.6. The number of benzene rings is 2. The van der Waals surface area contributed by atoms with Crippen LogP contribution in [0, 0.1) is 0 Å². The predicted molar refractivity (Wildman–Crippen MR) is 137 cm³/mol. The molecule has 11 heteroatoms. The Hall–Kier alpha value is -4.35. The first kappa shape index (κ1) is 27.7. The van der Waals surface area contributed by atoms with Crippen molar-refractivity contribution >= 4 is 34.7 Å². The molecular weight excluding hydrogens is 508 g/mol. The molecule has 0 unspecified atom stereocenters. The van der Waals surface area contributed by atoms with Crippen LogP contribution in [-0.4, -0.2) is 71.2 Å². The van der Waals surface area contributed by atoms with Crippen molar-refractivity contribution in [2.45, 2.75) is 44.8 Å². The van der Waals surface area contributed by atoms with E-state index in [2.05, 4.69) is 10.3 Å². The number of esters is 3. The third-order valence-electron chi connectivity index (χ3n) is 6.13. The summed E-state index contributed by atoms with van der Waals surface area (Å²) in [5.41, 5.74) is 0.0300. The fourth-order valence-electron chi connectivity index (χ4n) is 4.51. The lowest BCUT2D eigenvalue weighted by Gasteiger charge is -2.47. The number of pyridine rings is 1. The molecule has 1 amide bonds. The zero-order valence-electron chi connectivity index (χ0n) is 21.6. The van der Waals surface area contributed by atoms with Gasteiger partial charge in [0.25, 0.3) is 5.91 Å². The second-order valence-electron chi connectivity index (χ2n) is 9.00. The highest BCUT2D eigenvalue weighted by Gasteiger charge is 2.57. The van der Waals surface area contributed by atoms with E-state index >= 15 is 0 Å². The summed E-state index contributed by atoms with van der Waals surface area (Å²) in [5, 5.41) is 13.7. The Balaban J connectivity index is 1.78. The van der Waals surface area contributed by atoms with Crippen molar-refractivity contribution in [3.05, 3.63) is 66.2 Å². The monoisotopic (exact) mass is 536 g/mol. The lowest BCUT2D eigenvalue weighted by Crippen LogP contribution is -2.72. The maximum atomic E-state index is 13.8. The van der Waals surface area contributed by atoms with Crippen LogP contribution in [0.25, 0.3) is 22.2 Å². The van der Waals surface area contributed by atoms with Crippen molar-refractivity contribution in [1.29, 1.82) is 0 Å². The molecule has 11 nitrogen and oxygen atoms in total. The van der Waals surface area contributed by atoms with Gasteiger partial charge in [0.15, 0.2) is 18.3 Å². The molecule has 204 valence electrons. The highest BCUT2D eigenvalue weighted by molar-refractivity contribution is 6.07. The number of fused-ring (bicyclic) bond motifs is 1. The third kappa shape index (κ3) is 6.05. The molecule has 0 spiro atoms. The first-order valence-electron chi connectivity index (χ1n) is 12.2. The van der Waals surface area contributed by atoms with Gasteiger partial charge in [-0.3, -0.25) is 19.2 Å². The van der Waals surface area contributed by atoms with Crippen LogP contribution >= 0.6 is 0 Å². The van der Waals surface area contributed by atoms with E-state index in [0.29, 0.717) is 16.6 Å². The van der Waals surface area contributed by atoms with Crippen molar-refractivity contribution in [1.82, 2.24) is 10.3 Å². The lowest BCUT2D eigenvalue weighted by molar-refractivity contribution is -0.269. The maximum Gasteiger partial charge on any atom is 0.303 e. The van der Waals surface area contributed by atoms with Crippen molar-refractivity contribution in [2.24, 2.45) is 0 Å². The molecular formula is C28H28N2O9. The molecule has 39 heavy (non-hydrogen) atoms. The minimum Gasteiger partial charge on any atom is -0.456 e. The number of hydrogen-bond acceptors (Lipinski definition) is 10. The molecule has 1 aromatic heterocycles. The zero-order valence-corrected chi connectivity index (χ0v) is 21.6. The number of carbonyl (C=O) groups excluding carboxylic acids is 4. The summed E-state index contributed by atoms with van der Waals surface area (Å²) in [6.45, 7) is 2.14. The topological polar surface area (TPSA) is 150 Å². The molecule has 1 saturated heterocycles. The Labute approximate surface area is 224 Å². The largest absolute Gasteiger partial charge is 0.456 e. The number of aliphatic hydroxyl groups excluding tert-OH is 1. The highest BCUT2D eigenvalue weighted by atomic mass is 16.7. The summed E-state index contributed by atoms with van der Waals surface area (Å²) in [7, 11) is 0. The van der Waals surface area contributed by atoms with Gasteiger partial charge in [-0.15, -0.1) is 0 Å². The van der Waals surface area contributed by atoms with Crippen LogP contribution < -0.4 is 5.32 Å². The number of rotatable bonds is 7. The smallest absolute Gasteiger partial charge is 0.303 e. The number of ether oxygens (including phenoxy) is 4. The van der Waals surface area contributed by atoms with E-state index < -0.39 is 54.5 Å². The number of aromatic nitrogens is 1. The number of aliphatic hydroxyl groups is 1. The van der Waals surface area contributed by atoms with Crippen molar-refractivity contribution < 1.29 is 43.2 Å². The van der Waals surface area contributed by atoms with Crippen molar-refractivity contribution in [2.75, 3.05) is 13.2 Å². The average Bonchev–Trinajstić information content (AvgIpc) is 2.91. The molecule has 2 heterocycles. The van der Waals surface area contributed by atoms with Gasteiger partial charge in [-0.2, -0.15) is 0 Å². The van der Waals surface area contributed by atoms with Gasteiger partial charge in [0.05, 0.1) is 30.0 Å². The number of nitrogens with zero attached hydrogens (tertiary/aromatic N) is 1. The predicted octanol–water partition coefficient (Wildman–Crippen LogP) is 2.15. The van der Waals surface area contributed by atoms with Gasteiger partial charge in [-0.05, 0) is 12.1 Å². The van der Waals surface area contributed by atoms with E-state index in [4.69, 9.17) is 18.9 Å². The van der Waals surface area contributed by atoms with Gasteiger partial charge in [0, 0.05) is 31.7 Å². The molecule has 4 atom stereocenters. The highest BCUT2D eigenvalue weighted by Crippen LogP contribution is 2.32. The Morgan fingerprint density at radius 1 is 0.949 bits per heavy atom. The summed E-state index contributed by atoms with van der Waals surface area (Å²) < 4.78 is 21.8. The van der Waals surface area contributed by atoms with Gasteiger partial charge < -0.3 is 29.4 Å². The van der Waals surface area contributed by atoms with E-state index in [1.54, 1.807) is 30.3 Å². The van der Waals surface area contributed by atoms with Crippen LogP contribution in [0.4, 0.5) is 0 Å². The van der Waals surface area contributed by atoms with Gasteiger partial charge >= 0.3 is 17.9 Å². The van der Waals surface area contributed by atoms with E-state index in [0.717, 1.165) is 26.3 Å². The molecule has 1 fully saturated rings. The lowest BCUT2D eigenvalue weighted by atomic mass is 9.93.